The molecule has 2 aromatic heterocycles. The lowest BCUT2D eigenvalue weighted by molar-refractivity contribution is -0.115. The average molecular weight is 334 g/mol. The quantitative estimate of drug-likeness (QED) is 0.820. The number of hydrogen-bond acceptors (Lipinski definition) is 6. The summed E-state index contributed by atoms with van der Waals surface area (Å²) in [6.45, 7) is 3.85. The molecule has 1 N–H and O–H groups in total. The van der Waals surface area contributed by atoms with E-state index in [-0.39, 0.29) is 18.3 Å². The molecular weight excluding hydrogens is 316 g/mol. The van der Waals surface area contributed by atoms with Crippen LogP contribution in [-0.2, 0) is 16.0 Å². The van der Waals surface area contributed by atoms with Crippen molar-refractivity contribution in [3.63, 3.8) is 0 Å². The molecule has 122 valence electrons. The highest BCUT2D eigenvalue weighted by Crippen LogP contribution is 2.46. The Hall–Kier alpha value is -2.15. The van der Waals surface area contributed by atoms with Crippen molar-refractivity contribution in [3.8, 4) is 0 Å². The van der Waals surface area contributed by atoms with Gasteiger partial charge in [0.2, 0.25) is 5.91 Å². The molecule has 1 aliphatic carbocycles. The number of rotatable bonds is 6. The topological polar surface area (TPSA) is 81.4 Å². The SMILES string of the molecule is CCOC(=O)c1c(C2CC2)csc1NC(=O)Cc1cc(C)on1. The molecule has 0 unspecified atom stereocenters. The van der Waals surface area contributed by atoms with Gasteiger partial charge < -0.3 is 14.6 Å². The van der Waals surface area contributed by atoms with Gasteiger partial charge in [-0.2, -0.15) is 0 Å². The number of carbonyl (C=O) groups excluding carboxylic acids is 2. The molecule has 0 radical (unpaired) electrons. The number of anilines is 1. The Labute approximate surface area is 137 Å². The van der Waals surface area contributed by atoms with Crippen molar-refractivity contribution in [1.29, 1.82) is 0 Å². The number of nitrogens with zero attached hydrogens (tertiary/aromatic N) is 1. The van der Waals surface area contributed by atoms with E-state index >= 15 is 0 Å². The molecule has 1 saturated carbocycles. The molecule has 1 aliphatic rings. The molecule has 0 aromatic carbocycles. The molecular formula is C16H18N2O4S. The minimum Gasteiger partial charge on any atom is -0.462 e. The molecule has 7 heteroatoms. The van der Waals surface area contributed by atoms with Crippen LogP contribution in [-0.4, -0.2) is 23.6 Å². The molecule has 0 bridgehead atoms. The normalized spacial score (nSPS) is 13.8. The van der Waals surface area contributed by atoms with Crippen LogP contribution in [0.3, 0.4) is 0 Å². The summed E-state index contributed by atoms with van der Waals surface area (Å²) >= 11 is 1.37. The number of thiophene rings is 1. The maximum atomic E-state index is 12.2. The van der Waals surface area contributed by atoms with Gasteiger partial charge in [-0.3, -0.25) is 4.79 Å². The predicted molar refractivity (Wildman–Crippen MR) is 85.8 cm³/mol. The number of ether oxygens (including phenoxy) is 1. The Morgan fingerprint density at radius 3 is 2.87 bits per heavy atom. The van der Waals surface area contributed by atoms with Crippen LogP contribution in [0.1, 0.15) is 53.1 Å². The summed E-state index contributed by atoms with van der Waals surface area (Å²) in [6.07, 6.45) is 2.26. The van der Waals surface area contributed by atoms with Gasteiger partial charge in [-0.25, -0.2) is 4.79 Å². The predicted octanol–water partition coefficient (Wildman–Crippen LogP) is 3.28. The van der Waals surface area contributed by atoms with Gasteiger partial charge in [0.15, 0.2) is 0 Å². The summed E-state index contributed by atoms with van der Waals surface area (Å²) in [6, 6.07) is 1.72. The number of carbonyl (C=O) groups is 2. The van der Waals surface area contributed by atoms with E-state index in [0.717, 1.165) is 18.4 Å². The maximum Gasteiger partial charge on any atom is 0.341 e. The molecule has 0 atom stereocenters. The van der Waals surface area contributed by atoms with Gasteiger partial charge in [0.25, 0.3) is 0 Å². The number of esters is 1. The zero-order valence-electron chi connectivity index (χ0n) is 13.0. The van der Waals surface area contributed by atoms with Gasteiger partial charge in [0.05, 0.1) is 24.3 Å². The fourth-order valence-electron chi connectivity index (χ4n) is 2.41. The van der Waals surface area contributed by atoms with E-state index in [1.165, 1.54) is 11.3 Å². The number of nitrogens with one attached hydrogen (secondary N) is 1. The molecule has 0 aliphatic heterocycles. The van der Waals surface area contributed by atoms with Crippen LogP contribution in [0.25, 0.3) is 0 Å². The van der Waals surface area contributed by atoms with E-state index in [4.69, 9.17) is 9.26 Å². The minimum atomic E-state index is -0.372. The zero-order valence-corrected chi connectivity index (χ0v) is 13.9. The van der Waals surface area contributed by atoms with Crippen LogP contribution >= 0.6 is 11.3 Å². The Morgan fingerprint density at radius 2 is 2.26 bits per heavy atom. The first kappa shape index (κ1) is 15.7. The summed E-state index contributed by atoms with van der Waals surface area (Å²) in [5.41, 5.74) is 2.06. The van der Waals surface area contributed by atoms with Gasteiger partial charge >= 0.3 is 5.97 Å². The van der Waals surface area contributed by atoms with Crippen LogP contribution in [0, 0.1) is 6.92 Å². The van der Waals surface area contributed by atoms with E-state index in [1.54, 1.807) is 19.9 Å². The van der Waals surface area contributed by atoms with Gasteiger partial charge in [0.1, 0.15) is 10.8 Å². The van der Waals surface area contributed by atoms with Crippen molar-refractivity contribution >= 4 is 28.2 Å². The summed E-state index contributed by atoms with van der Waals surface area (Å²) in [5, 5.41) is 9.11. The summed E-state index contributed by atoms with van der Waals surface area (Å²) < 4.78 is 10.1. The fraction of sp³-hybridized carbons (Fsp3) is 0.438. The van der Waals surface area contributed by atoms with Crippen LogP contribution in [0.15, 0.2) is 16.0 Å². The fourth-order valence-corrected chi connectivity index (χ4v) is 3.46. The first-order chi connectivity index (χ1) is 11.1. The minimum absolute atomic E-state index is 0.107. The van der Waals surface area contributed by atoms with Crippen LogP contribution in [0.5, 0.6) is 0 Å². The van der Waals surface area contributed by atoms with Crippen molar-refractivity contribution in [2.45, 2.75) is 39.0 Å². The largest absolute Gasteiger partial charge is 0.462 e. The number of aryl methyl sites for hydroxylation is 1. The zero-order chi connectivity index (χ0) is 16.4. The molecule has 23 heavy (non-hydrogen) atoms. The highest BCUT2D eigenvalue weighted by atomic mass is 32.1. The first-order valence-corrected chi connectivity index (χ1v) is 8.47. The summed E-state index contributed by atoms with van der Waals surface area (Å²) in [4.78, 5) is 24.4. The van der Waals surface area contributed by atoms with E-state index in [1.807, 2.05) is 5.38 Å². The van der Waals surface area contributed by atoms with Crippen molar-refractivity contribution in [3.05, 3.63) is 34.0 Å². The lowest BCUT2D eigenvalue weighted by Crippen LogP contribution is -2.17. The number of aromatic nitrogens is 1. The first-order valence-electron chi connectivity index (χ1n) is 7.59. The van der Waals surface area contributed by atoms with Crippen LogP contribution in [0.4, 0.5) is 5.00 Å². The van der Waals surface area contributed by atoms with Gasteiger partial charge in [0, 0.05) is 6.07 Å². The third kappa shape index (κ3) is 3.61. The van der Waals surface area contributed by atoms with E-state index < -0.39 is 0 Å². The molecule has 2 aromatic rings. The monoisotopic (exact) mass is 334 g/mol. The van der Waals surface area contributed by atoms with Gasteiger partial charge in [-0.15, -0.1) is 11.3 Å². The average Bonchev–Trinajstić information content (AvgIpc) is 3.14. The van der Waals surface area contributed by atoms with Gasteiger partial charge in [-0.05, 0) is 43.6 Å². The Balaban J connectivity index is 1.76. The standard InChI is InChI=1S/C16H18N2O4S/c1-3-21-16(20)14-12(10-4-5-10)8-23-15(14)17-13(19)7-11-6-9(2)22-18-11/h6,8,10H,3-5,7H2,1-2H3,(H,17,19). The van der Waals surface area contributed by atoms with Crippen molar-refractivity contribution in [1.82, 2.24) is 5.16 Å². The highest BCUT2D eigenvalue weighted by molar-refractivity contribution is 7.15. The smallest absolute Gasteiger partial charge is 0.341 e. The maximum absolute atomic E-state index is 12.2. The third-order valence-electron chi connectivity index (χ3n) is 3.59. The van der Waals surface area contributed by atoms with Crippen molar-refractivity contribution < 1.29 is 18.8 Å². The third-order valence-corrected chi connectivity index (χ3v) is 4.50. The molecule has 1 amide bonds. The second-order valence-electron chi connectivity index (χ2n) is 5.54. The number of hydrogen-bond donors (Lipinski definition) is 1. The van der Waals surface area contributed by atoms with Crippen LogP contribution in [0.2, 0.25) is 0 Å². The van der Waals surface area contributed by atoms with E-state index in [9.17, 15) is 9.59 Å². The number of amides is 1. The Morgan fingerprint density at radius 1 is 1.48 bits per heavy atom. The van der Waals surface area contributed by atoms with E-state index in [0.29, 0.717) is 34.5 Å². The highest BCUT2D eigenvalue weighted by Gasteiger charge is 2.32. The summed E-state index contributed by atoms with van der Waals surface area (Å²) in [7, 11) is 0. The molecule has 6 nitrogen and oxygen atoms in total. The molecule has 0 saturated heterocycles. The lowest BCUT2D eigenvalue weighted by atomic mass is 10.1. The lowest BCUT2D eigenvalue weighted by Gasteiger charge is -2.07. The second-order valence-corrected chi connectivity index (χ2v) is 6.42. The molecule has 0 spiro atoms. The van der Waals surface area contributed by atoms with Gasteiger partial charge in [-0.1, -0.05) is 5.16 Å². The van der Waals surface area contributed by atoms with Crippen molar-refractivity contribution in [2.24, 2.45) is 0 Å². The second kappa shape index (κ2) is 6.54. The van der Waals surface area contributed by atoms with E-state index in [2.05, 4.69) is 10.5 Å². The van der Waals surface area contributed by atoms with Crippen molar-refractivity contribution in [2.75, 3.05) is 11.9 Å². The molecule has 1 fully saturated rings. The Kier molecular flexibility index (Phi) is 4.47. The Bertz CT molecular complexity index is 730. The molecule has 2 heterocycles. The van der Waals surface area contributed by atoms with Crippen LogP contribution < -0.4 is 5.32 Å². The summed E-state index contributed by atoms with van der Waals surface area (Å²) in [5.74, 6) is 0.470. The molecule has 3 rings (SSSR count).